The van der Waals surface area contributed by atoms with E-state index >= 15 is 0 Å². The van der Waals surface area contributed by atoms with Gasteiger partial charge in [0.15, 0.2) is 0 Å². The molecule has 4 heteroatoms. The van der Waals surface area contributed by atoms with E-state index < -0.39 is 0 Å². The van der Waals surface area contributed by atoms with Crippen molar-refractivity contribution < 1.29 is 4.74 Å². The predicted molar refractivity (Wildman–Crippen MR) is 75.9 cm³/mol. The second-order valence-corrected chi connectivity index (χ2v) is 7.84. The van der Waals surface area contributed by atoms with Crippen molar-refractivity contribution >= 4 is 11.3 Å². The van der Waals surface area contributed by atoms with Crippen LogP contribution in [-0.2, 0) is 15.7 Å². The number of nitrogens with two attached hydrogens (primary N) is 1. The van der Waals surface area contributed by atoms with Crippen LogP contribution in [0.1, 0.15) is 58.2 Å². The lowest BCUT2D eigenvalue weighted by Gasteiger charge is -2.41. The van der Waals surface area contributed by atoms with Gasteiger partial charge >= 0.3 is 0 Å². The number of hydrogen-bond donors (Lipinski definition) is 1. The maximum atomic E-state index is 6.58. The van der Waals surface area contributed by atoms with E-state index in [4.69, 9.17) is 15.5 Å². The van der Waals surface area contributed by atoms with Crippen molar-refractivity contribution in [3.05, 3.63) is 16.1 Å². The van der Waals surface area contributed by atoms with Crippen LogP contribution in [0, 0.1) is 0 Å². The molecule has 0 saturated carbocycles. The van der Waals surface area contributed by atoms with E-state index in [1.165, 1.54) is 0 Å². The Labute approximate surface area is 114 Å². The average molecular weight is 268 g/mol. The molecule has 0 bridgehead atoms. The lowest BCUT2D eigenvalue weighted by Crippen LogP contribution is -2.49. The first-order valence-corrected chi connectivity index (χ1v) is 7.40. The van der Waals surface area contributed by atoms with Crippen LogP contribution in [0.3, 0.4) is 0 Å². The molecule has 1 aromatic heterocycles. The zero-order valence-corrected chi connectivity index (χ0v) is 12.9. The predicted octanol–water partition coefficient (Wildman–Crippen LogP) is 3.18. The van der Waals surface area contributed by atoms with Crippen LogP contribution in [0.2, 0.25) is 0 Å². The summed E-state index contributed by atoms with van der Waals surface area (Å²) < 4.78 is 5.75. The molecule has 1 aromatic rings. The highest BCUT2D eigenvalue weighted by molar-refractivity contribution is 7.09. The summed E-state index contributed by atoms with van der Waals surface area (Å²) >= 11 is 1.69. The van der Waals surface area contributed by atoms with Crippen molar-refractivity contribution in [2.24, 2.45) is 5.73 Å². The van der Waals surface area contributed by atoms with Crippen molar-refractivity contribution in [3.63, 3.8) is 0 Å². The van der Waals surface area contributed by atoms with Crippen LogP contribution < -0.4 is 5.73 Å². The molecule has 102 valence electrons. The van der Waals surface area contributed by atoms with Crippen LogP contribution in [0.15, 0.2) is 5.38 Å². The Balaban J connectivity index is 2.28. The van der Waals surface area contributed by atoms with E-state index in [9.17, 15) is 0 Å². The van der Waals surface area contributed by atoms with Gasteiger partial charge in [0.25, 0.3) is 0 Å². The third-order valence-corrected chi connectivity index (χ3v) is 4.54. The molecule has 2 N–H and O–H groups in total. The van der Waals surface area contributed by atoms with Crippen LogP contribution >= 0.6 is 11.3 Å². The SMILES string of the molecule is CC1(C)CC(N)(c2nc(C(C)(C)C)cs2)CCO1. The van der Waals surface area contributed by atoms with Gasteiger partial charge in [0, 0.05) is 23.8 Å². The first kappa shape index (κ1) is 14.0. The molecule has 1 saturated heterocycles. The highest BCUT2D eigenvalue weighted by atomic mass is 32.1. The molecule has 2 heterocycles. The highest BCUT2D eigenvalue weighted by Gasteiger charge is 2.41. The molecule has 0 aliphatic carbocycles. The van der Waals surface area contributed by atoms with Gasteiger partial charge in [-0.3, -0.25) is 0 Å². The minimum atomic E-state index is -0.323. The summed E-state index contributed by atoms with van der Waals surface area (Å²) in [4.78, 5) is 4.78. The summed E-state index contributed by atoms with van der Waals surface area (Å²) in [5, 5.41) is 3.20. The largest absolute Gasteiger partial charge is 0.375 e. The number of thiazole rings is 1. The quantitative estimate of drug-likeness (QED) is 0.851. The summed E-state index contributed by atoms with van der Waals surface area (Å²) in [7, 11) is 0. The summed E-state index contributed by atoms with van der Waals surface area (Å²) in [5.41, 5.74) is 7.33. The van der Waals surface area contributed by atoms with Gasteiger partial charge in [0.1, 0.15) is 5.01 Å². The molecule has 1 fully saturated rings. The molecular weight excluding hydrogens is 244 g/mol. The third-order valence-electron chi connectivity index (χ3n) is 3.48. The lowest BCUT2D eigenvalue weighted by atomic mass is 9.82. The minimum Gasteiger partial charge on any atom is -0.375 e. The standard InChI is InChI=1S/C14H24N2OS/c1-12(2,3)10-8-18-11(16-10)14(15)6-7-17-13(4,5)9-14/h8H,6-7,9,15H2,1-5H3. The molecule has 0 amide bonds. The molecule has 0 aromatic carbocycles. The maximum absolute atomic E-state index is 6.58. The summed E-state index contributed by atoms with van der Waals surface area (Å²) in [6.07, 6.45) is 1.69. The maximum Gasteiger partial charge on any atom is 0.113 e. The van der Waals surface area contributed by atoms with Crippen molar-refractivity contribution in [2.45, 2.75) is 64.0 Å². The first-order chi connectivity index (χ1) is 8.12. The fourth-order valence-electron chi connectivity index (χ4n) is 2.44. The topological polar surface area (TPSA) is 48.1 Å². The van der Waals surface area contributed by atoms with Crippen LogP contribution in [0.4, 0.5) is 0 Å². The molecule has 2 rings (SSSR count). The number of ether oxygens (including phenoxy) is 1. The van der Waals surface area contributed by atoms with Gasteiger partial charge in [-0.2, -0.15) is 0 Å². The molecular formula is C14H24N2OS. The van der Waals surface area contributed by atoms with E-state index in [2.05, 4.69) is 40.0 Å². The summed E-state index contributed by atoms with van der Waals surface area (Å²) in [5.74, 6) is 0. The van der Waals surface area contributed by atoms with Gasteiger partial charge in [-0.15, -0.1) is 11.3 Å². The Morgan fingerprint density at radius 1 is 1.39 bits per heavy atom. The molecule has 0 spiro atoms. The fourth-order valence-corrected chi connectivity index (χ4v) is 3.63. The van der Waals surface area contributed by atoms with Gasteiger partial charge in [-0.05, 0) is 20.3 Å². The number of aromatic nitrogens is 1. The minimum absolute atomic E-state index is 0.0891. The van der Waals surface area contributed by atoms with E-state index in [1.54, 1.807) is 11.3 Å². The molecule has 1 unspecified atom stereocenters. The monoisotopic (exact) mass is 268 g/mol. The molecule has 18 heavy (non-hydrogen) atoms. The average Bonchev–Trinajstić information content (AvgIpc) is 2.63. The Hall–Kier alpha value is -0.450. The van der Waals surface area contributed by atoms with Gasteiger partial charge in [0.2, 0.25) is 0 Å². The van der Waals surface area contributed by atoms with Gasteiger partial charge < -0.3 is 10.5 Å². The Kier molecular flexibility index (Phi) is 3.33. The van der Waals surface area contributed by atoms with Crippen molar-refractivity contribution in [2.75, 3.05) is 6.61 Å². The molecule has 0 radical (unpaired) electrons. The van der Waals surface area contributed by atoms with Gasteiger partial charge in [0.05, 0.1) is 16.8 Å². The Bertz CT molecular complexity index is 433. The molecule has 3 nitrogen and oxygen atoms in total. The van der Waals surface area contributed by atoms with Crippen LogP contribution in [0.5, 0.6) is 0 Å². The lowest BCUT2D eigenvalue weighted by molar-refractivity contribution is -0.0813. The molecule has 1 atom stereocenters. The molecule has 1 aliphatic heterocycles. The van der Waals surface area contributed by atoms with Gasteiger partial charge in [-0.1, -0.05) is 20.8 Å². The fraction of sp³-hybridized carbons (Fsp3) is 0.786. The Morgan fingerprint density at radius 2 is 2.06 bits per heavy atom. The second kappa shape index (κ2) is 4.29. The second-order valence-electron chi connectivity index (χ2n) is 6.98. The summed E-state index contributed by atoms with van der Waals surface area (Å²) in [6, 6.07) is 0. The normalized spacial score (nSPS) is 28.3. The van der Waals surface area contributed by atoms with Crippen molar-refractivity contribution in [1.82, 2.24) is 4.98 Å². The van der Waals surface area contributed by atoms with E-state index in [1.807, 2.05) is 0 Å². The highest BCUT2D eigenvalue weighted by Crippen LogP contribution is 2.39. The number of hydrogen-bond acceptors (Lipinski definition) is 4. The van der Waals surface area contributed by atoms with E-state index in [-0.39, 0.29) is 16.6 Å². The zero-order chi connectivity index (χ0) is 13.6. The van der Waals surface area contributed by atoms with Crippen molar-refractivity contribution in [1.29, 1.82) is 0 Å². The first-order valence-electron chi connectivity index (χ1n) is 6.52. The molecule has 1 aliphatic rings. The van der Waals surface area contributed by atoms with E-state index in [0.29, 0.717) is 6.61 Å². The van der Waals surface area contributed by atoms with Crippen LogP contribution in [-0.4, -0.2) is 17.2 Å². The third kappa shape index (κ3) is 2.76. The summed E-state index contributed by atoms with van der Waals surface area (Å²) in [6.45, 7) is 11.5. The van der Waals surface area contributed by atoms with E-state index in [0.717, 1.165) is 23.5 Å². The smallest absolute Gasteiger partial charge is 0.113 e. The zero-order valence-electron chi connectivity index (χ0n) is 12.0. The van der Waals surface area contributed by atoms with Crippen LogP contribution in [0.25, 0.3) is 0 Å². The Morgan fingerprint density at radius 3 is 2.56 bits per heavy atom. The van der Waals surface area contributed by atoms with Gasteiger partial charge in [-0.25, -0.2) is 4.98 Å². The number of nitrogens with zero attached hydrogens (tertiary/aromatic N) is 1. The number of rotatable bonds is 1. The van der Waals surface area contributed by atoms with Crippen molar-refractivity contribution in [3.8, 4) is 0 Å².